The van der Waals surface area contributed by atoms with Gasteiger partial charge in [-0.05, 0) is 30.2 Å². The van der Waals surface area contributed by atoms with Gasteiger partial charge in [0.05, 0.1) is 6.42 Å². The molecule has 132 valence electrons. The number of amides is 1. The molecule has 0 unspecified atom stereocenters. The van der Waals surface area contributed by atoms with Crippen molar-refractivity contribution < 1.29 is 18.7 Å². The second kappa shape index (κ2) is 9.39. The third-order valence-corrected chi connectivity index (χ3v) is 4.13. The van der Waals surface area contributed by atoms with Crippen molar-refractivity contribution in [2.24, 2.45) is 0 Å². The summed E-state index contributed by atoms with van der Waals surface area (Å²) in [4.78, 5) is 23.5. The third-order valence-electron chi connectivity index (χ3n) is 3.42. The van der Waals surface area contributed by atoms with Gasteiger partial charge < -0.3 is 10.1 Å². The summed E-state index contributed by atoms with van der Waals surface area (Å²) in [6, 6.07) is 11.2. The van der Waals surface area contributed by atoms with E-state index in [9.17, 15) is 14.0 Å². The lowest BCUT2D eigenvalue weighted by molar-refractivity contribution is -0.147. The van der Waals surface area contributed by atoms with E-state index in [0.717, 1.165) is 0 Å². The van der Waals surface area contributed by atoms with Crippen LogP contribution in [0.5, 0.6) is 0 Å². The number of carbonyl (C=O) groups is 2. The van der Waals surface area contributed by atoms with Gasteiger partial charge in [0.25, 0.3) is 5.91 Å². The summed E-state index contributed by atoms with van der Waals surface area (Å²) >= 11 is 11.9. The van der Waals surface area contributed by atoms with E-state index < -0.39 is 18.5 Å². The number of benzene rings is 2. The zero-order chi connectivity index (χ0) is 18.2. The number of rotatable bonds is 7. The van der Waals surface area contributed by atoms with E-state index in [0.29, 0.717) is 27.6 Å². The topological polar surface area (TPSA) is 55.4 Å². The van der Waals surface area contributed by atoms with Crippen molar-refractivity contribution in [1.29, 1.82) is 0 Å². The summed E-state index contributed by atoms with van der Waals surface area (Å²) in [6.07, 6.45) is 0.225. The number of ether oxygens (including phenoxy) is 1. The fourth-order valence-electron chi connectivity index (χ4n) is 2.13. The number of halogens is 3. The van der Waals surface area contributed by atoms with Gasteiger partial charge in [-0.25, -0.2) is 4.39 Å². The van der Waals surface area contributed by atoms with Crippen molar-refractivity contribution >= 4 is 35.1 Å². The van der Waals surface area contributed by atoms with Gasteiger partial charge in [-0.1, -0.05) is 47.5 Å². The summed E-state index contributed by atoms with van der Waals surface area (Å²) < 4.78 is 18.3. The van der Waals surface area contributed by atoms with Gasteiger partial charge in [-0.15, -0.1) is 0 Å². The van der Waals surface area contributed by atoms with E-state index in [2.05, 4.69) is 5.32 Å². The Bertz CT molecular complexity index is 747. The Labute approximate surface area is 154 Å². The molecule has 0 aromatic heterocycles. The van der Waals surface area contributed by atoms with Crippen LogP contribution in [-0.4, -0.2) is 25.0 Å². The van der Waals surface area contributed by atoms with Crippen LogP contribution in [0, 0.1) is 5.82 Å². The van der Waals surface area contributed by atoms with Crippen molar-refractivity contribution in [1.82, 2.24) is 5.32 Å². The normalized spacial score (nSPS) is 10.4. The number of hydrogen-bond acceptors (Lipinski definition) is 3. The molecule has 0 heterocycles. The lowest BCUT2D eigenvalue weighted by Gasteiger charge is -2.09. The number of nitrogens with one attached hydrogen (secondary N) is 1. The highest BCUT2D eigenvalue weighted by atomic mass is 35.5. The van der Waals surface area contributed by atoms with Gasteiger partial charge >= 0.3 is 5.97 Å². The maximum atomic E-state index is 13.4. The monoisotopic (exact) mass is 383 g/mol. The van der Waals surface area contributed by atoms with Crippen molar-refractivity contribution in [3.8, 4) is 0 Å². The molecule has 25 heavy (non-hydrogen) atoms. The van der Waals surface area contributed by atoms with E-state index in [1.807, 2.05) is 0 Å². The maximum Gasteiger partial charge on any atom is 0.310 e. The summed E-state index contributed by atoms with van der Waals surface area (Å²) in [5.74, 6) is -1.39. The highest BCUT2D eigenvalue weighted by molar-refractivity contribution is 6.36. The highest BCUT2D eigenvalue weighted by Crippen LogP contribution is 2.24. The summed E-state index contributed by atoms with van der Waals surface area (Å²) in [7, 11) is 0. The standard InChI is InChI=1S/C18H16Cl2FNO3/c19-14-5-3-6-15(20)13(14)10-18(24)25-11-17(23)22-9-8-12-4-1-2-7-16(12)21/h1-7H,8-11H2,(H,22,23). The molecular formula is C18H16Cl2FNO3. The van der Waals surface area contributed by atoms with E-state index in [4.69, 9.17) is 27.9 Å². The molecule has 0 fully saturated rings. The first-order valence-corrected chi connectivity index (χ1v) is 8.31. The van der Waals surface area contributed by atoms with Gasteiger partial charge in [-0.2, -0.15) is 0 Å². The molecule has 2 rings (SSSR count). The minimum atomic E-state index is -0.612. The molecule has 0 spiro atoms. The smallest absolute Gasteiger partial charge is 0.310 e. The van der Waals surface area contributed by atoms with E-state index >= 15 is 0 Å². The van der Waals surface area contributed by atoms with Gasteiger partial charge in [-0.3, -0.25) is 9.59 Å². The Kier molecular flexibility index (Phi) is 7.22. The van der Waals surface area contributed by atoms with Crippen LogP contribution in [0.3, 0.4) is 0 Å². The fourth-order valence-corrected chi connectivity index (χ4v) is 2.66. The molecule has 0 aliphatic heterocycles. The zero-order valence-electron chi connectivity index (χ0n) is 13.2. The minimum Gasteiger partial charge on any atom is -0.455 e. The number of esters is 1. The molecule has 4 nitrogen and oxygen atoms in total. The molecule has 2 aromatic rings. The molecule has 7 heteroatoms. The summed E-state index contributed by atoms with van der Waals surface area (Å²) in [5, 5.41) is 3.29. The predicted octanol–water partition coefficient (Wildman–Crippen LogP) is 3.58. The van der Waals surface area contributed by atoms with E-state index in [1.54, 1.807) is 36.4 Å². The first kappa shape index (κ1) is 19.2. The average molecular weight is 384 g/mol. The molecule has 0 bridgehead atoms. The molecule has 2 aromatic carbocycles. The predicted molar refractivity (Wildman–Crippen MR) is 94.2 cm³/mol. The number of carbonyl (C=O) groups excluding carboxylic acids is 2. The average Bonchev–Trinajstić information content (AvgIpc) is 2.58. The van der Waals surface area contributed by atoms with Gasteiger partial charge in [0, 0.05) is 22.2 Å². The van der Waals surface area contributed by atoms with Crippen LogP contribution in [0.15, 0.2) is 42.5 Å². The third kappa shape index (κ3) is 6.03. The van der Waals surface area contributed by atoms with Crippen LogP contribution < -0.4 is 5.32 Å². The molecule has 0 saturated heterocycles. The highest BCUT2D eigenvalue weighted by Gasteiger charge is 2.13. The Hall–Kier alpha value is -2.11. The summed E-state index contributed by atoms with van der Waals surface area (Å²) in [5.41, 5.74) is 0.962. The molecule has 0 aliphatic carbocycles. The maximum absolute atomic E-state index is 13.4. The Morgan fingerprint density at radius 1 is 1.04 bits per heavy atom. The SMILES string of the molecule is O=C(COC(=O)Cc1c(Cl)cccc1Cl)NCCc1ccccc1F. The van der Waals surface area contributed by atoms with Crippen LogP contribution in [0.2, 0.25) is 10.0 Å². The second-order valence-electron chi connectivity index (χ2n) is 5.23. The van der Waals surface area contributed by atoms with E-state index in [-0.39, 0.29) is 18.8 Å². The fraction of sp³-hybridized carbons (Fsp3) is 0.222. The second-order valence-corrected chi connectivity index (χ2v) is 6.04. The quantitative estimate of drug-likeness (QED) is 0.743. The minimum absolute atomic E-state index is 0.124. The van der Waals surface area contributed by atoms with Crippen molar-refractivity contribution in [2.45, 2.75) is 12.8 Å². The molecular weight excluding hydrogens is 368 g/mol. The van der Waals surface area contributed by atoms with Gasteiger partial charge in [0.15, 0.2) is 6.61 Å². The van der Waals surface area contributed by atoms with Crippen LogP contribution in [0.25, 0.3) is 0 Å². The number of hydrogen-bond donors (Lipinski definition) is 1. The van der Waals surface area contributed by atoms with Crippen molar-refractivity contribution in [2.75, 3.05) is 13.2 Å². The largest absolute Gasteiger partial charge is 0.455 e. The molecule has 1 amide bonds. The molecule has 0 atom stereocenters. The van der Waals surface area contributed by atoms with Gasteiger partial charge in [0.1, 0.15) is 5.82 Å². The van der Waals surface area contributed by atoms with Crippen molar-refractivity contribution in [3.63, 3.8) is 0 Å². The molecule has 1 N–H and O–H groups in total. The Morgan fingerprint density at radius 2 is 1.72 bits per heavy atom. The zero-order valence-corrected chi connectivity index (χ0v) is 14.7. The van der Waals surface area contributed by atoms with E-state index in [1.165, 1.54) is 6.07 Å². The Morgan fingerprint density at radius 3 is 2.40 bits per heavy atom. The lowest BCUT2D eigenvalue weighted by atomic mass is 10.1. The first-order chi connectivity index (χ1) is 12.0. The van der Waals surface area contributed by atoms with Crippen LogP contribution >= 0.6 is 23.2 Å². The lowest BCUT2D eigenvalue weighted by Crippen LogP contribution is -2.30. The molecule has 0 radical (unpaired) electrons. The van der Waals surface area contributed by atoms with Crippen LogP contribution in [0.4, 0.5) is 4.39 Å². The first-order valence-electron chi connectivity index (χ1n) is 7.56. The van der Waals surface area contributed by atoms with Crippen LogP contribution in [-0.2, 0) is 27.2 Å². The van der Waals surface area contributed by atoms with Gasteiger partial charge in [0.2, 0.25) is 0 Å². The van der Waals surface area contributed by atoms with Crippen LogP contribution in [0.1, 0.15) is 11.1 Å². The molecule has 0 aliphatic rings. The Balaban J connectivity index is 1.73. The summed E-state index contributed by atoms with van der Waals surface area (Å²) in [6.45, 7) is -0.175. The molecule has 0 saturated carbocycles. The van der Waals surface area contributed by atoms with Crippen molar-refractivity contribution in [3.05, 3.63) is 69.5 Å².